The molecule has 5 rings (SSSR count). The van der Waals surface area contributed by atoms with E-state index in [0.717, 1.165) is 30.4 Å². The molecule has 7 N–H and O–H groups in total. The monoisotopic (exact) mass is 656 g/mol. The molecule has 4 atom stereocenters. The summed E-state index contributed by atoms with van der Waals surface area (Å²) in [6, 6.07) is 12.8. The number of nitrogens with one attached hydrogen (secondary N) is 6. The Bertz CT molecular complexity index is 1700. The molecule has 1 aliphatic heterocycles. The third-order valence-electron chi connectivity index (χ3n) is 9.01. The maximum atomic E-state index is 13.4. The average Bonchev–Trinajstić information content (AvgIpc) is 3.49. The first kappa shape index (κ1) is 34.4. The molecule has 13 heteroatoms. The third-order valence-corrected chi connectivity index (χ3v) is 9.01. The zero-order chi connectivity index (χ0) is 34.4. The van der Waals surface area contributed by atoms with Crippen LogP contribution in [0.4, 0.5) is 10.6 Å². The number of allylic oxidation sites excluding steroid dienone is 1. The predicted octanol–water partition coefficient (Wildman–Crippen LogP) is 5.09. The SMILES string of the molecule is CC(C)C(=N)/C=C(/NC(=O)NC1CCC(Oc2ccc(=N)n(C(=N)N3C(C)CCCC3C)c2)c2ccccc21)Nc1ccn(CCO)n1. The minimum atomic E-state index is -0.425. The molecular weight excluding hydrogens is 608 g/mol. The number of nitrogens with zero attached hydrogens (tertiary/aromatic N) is 4. The van der Waals surface area contributed by atoms with Gasteiger partial charge in [0.15, 0.2) is 5.82 Å². The van der Waals surface area contributed by atoms with Gasteiger partial charge >= 0.3 is 6.03 Å². The van der Waals surface area contributed by atoms with E-state index < -0.39 is 6.03 Å². The lowest BCUT2D eigenvalue weighted by Gasteiger charge is -2.41. The Morgan fingerprint density at radius 3 is 2.50 bits per heavy atom. The molecule has 4 unspecified atom stereocenters. The summed E-state index contributed by atoms with van der Waals surface area (Å²) in [4.78, 5) is 15.4. The molecule has 0 bridgehead atoms. The van der Waals surface area contributed by atoms with Crippen molar-refractivity contribution in [1.29, 1.82) is 16.2 Å². The molecule has 2 amide bonds. The maximum absolute atomic E-state index is 13.4. The smallest absolute Gasteiger partial charge is 0.320 e. The molecule has 3 aromatic rings. The Morgan fingerprint density at radius 1 is 1.06 bits per heavy atom. The van der Waals surface area contributed by atoms with Gasteiger partial charge in [-0.1, -0.05) is 38.1 Å². The number of rotatable bonds is 10. The van der Waals surface area contributed by atoms with Gasteiger partial charge in [-0.2, -0.15) is 5.10 Å². The van der Waals surface area contributed by atoms with Crippen LogP contribution in [0.15, 0.2) is 66.8 Å². The first-order chi connectivity index (χ1) is 23.0. The molecule has 2 aliphatic rings. The highest BCUT2D eigenvalue weighted by molar-refractivity contribution is 5.95. The van der Waals surface area contributed by atoms with Crippen LogP contribution in [0.2, 0.25) is 0 Å². The van der Waals surface area contributed by atoms with Crippen LogP contribution in [0.5, 0.6) is 5.75 Å². The number of pyridine rings is 1. The number of benzene rings is 1. The van der Waals surface area contributed by atoms with E-state index in [2.05, 4.69) is 39.8 Å². The third kappa shape index (κ3) is 8.14. The van der Waals surface area contributed by atoms with E-state index in [1.165, 1.54) is 0 Å². The van der Waals surface area contributed by atoms with Crippen LogP contribution in [0.3, 0.4) is 0 Å². The number of anilines is 1. The fraction of sp³-hybridized carbons (Fsp3) is 0.457. The number of hydrogen-bond acceptors (Lipinski definition) is 8. The van der Waals surface area contributed by atoms with Gasteiger partial charge in [-0.3, -0.25) is 25.4 Å². The van der Waals surface area contributed by atoms with Crippen LogP contribution in [0.25, 0.3) is 0 Å². The van der Waals surface area contributed by atoms with Gasteiger partial charge in [0.1, 0.15) is 23.2 Å². The number of carbonyl (C=O) groups excluding carboxylic acids is 1. The largest absolute Gasteiger partial charge is 0.484 e. The fourth-order valence-electron chi connectivity index (χ4n) is 6.41. The molecule has 1 aliphatic carbocycles. The number of aromatic nitrogens is 3. The lowest BCUT2D eigenvalue weighted by atomic mass is 9.85. The summed E-state index contributed by atoms with van der Waals surface area (Å²) < 4.78 is 9.70. The van der Waals surface area contributed by atoms with Crippen LogP contribution in [-0.4, -0.2) is 60.7 Å². The fourth-order valence-corrected chi connectivity index (χ4v) is 6.41. The van der Waals surface area contributed by atoms with Crippen molar-refractivity contribution in [3.8, 4) is 5.75 Å². The second-order valence-electron chi connectivity index (χ2n) is 12.9. The van der Waals surface area contributed by atoms with Gasteiger partial charge in [-0.15, -0.1) is 0 Å². The van der Waals surface area contributed by atoms with Gasteiger partial charge in [-0.05, 0) is 75.1 Å². The van der Waals surface area contributed by atoms with Crippen molar-refractivity contribution < 1.29 is 14.6 Å². The summed E-state index contributed by atoms with van der Waals surface area (Å²) in [7, 11) is 0. The van der Waals surface area contributed by atoms with Crippen molar-refractivity contribution in [3.63, 3.8) is 0 Å². The summed E-state index contributed by atoms with van der Waals surface area (Å²) in [6.45, 7) is 8.39. The van der Waals surface area contributed by atoms with Crippen LogP contribution >= 0.6 is 0 Å². The van der Waals surface area contributed by atoms with E-state index >= 15 is 0 Å². The Kier molecular flexibility index (Phi) is 11.0. The maximum Gasteiger partial charge on any atom is 0.320 e. The molecule has 2 aromatic heterocycles. The van der Waals surface area contributed by atoms with Crippen molar-refractivity contribution in [2.75, 3.05) is 11.9 Å². The zero-order valence-electron chi connectivity index (χ0n) is 28.2. The number of aliphatic hydroxyl groups is 1. The van der Waals surface area contributed by atoms with E-state index in [4.69, 9.17) is 21.0 Å². The lowest BCUT2D eigenvalue weighted by Crippen LogP contribution is -2.51. The molecule has 1 saturated heterocycles. The molecule has 13 nitrogen and oxygen atoms in total. The molecule has 0 spiro atoms. The van der Waals surface area contributed by atoms with E-state index in [1.807, 2.05) is 38.1 Å². The highest BCUT2D eigenvalue weighted by atomic mass is 16.5. The first-order valence-electron chi connectivity index (χ1n) is 16.7. The number of ether oxygens (including phenoxy) is 1. The number of piperidine rings is 1. The summed E-state index contributed by atoms with van der Waals surface area (Å²) in [5, 5.41) is 48.5. The van der Waals surface area contributed by atoms with Gasteiger partial charge in [0, 0.05) is 36.1 Å². The molecule has 48 heavy (non-hydrogen) atoms. The van der Waals surface area contributed by atoms with Crippen molar-refractivity contribution in [1.82, 2.24) is 29.9 Å². The van der Waals surface area contributed by atoms with E-state index in [9.17, 15) is 9.90 Å². The number of likely N-dealkylation sites (tertiary alicyclic amines) is 1. The molecule has 1 aromatic carbocycles. The van der Waals surface area contributed by atoms with Gasteiger partial charge in [0.2, 0.25) is 5.96 Å². The van der Waals surface area contributed by atoms with Crippen molar-refractivity contribution in [2.24, 2.45) is 5.92 Å². The summed E-state index contributed by atoms with van der Waals surface area (Å²) in [6.07, 6.45) is 9.23. The van der Waals surface area contributed by atoms with Crippen LogP contribution in [-0.2, 0) is 6.54 Å². The van der Waals surface area contributed by atoms with Crippen molar-refractivity contribution >= 4 is 23.5 Å². The lowest BCUT2D eigenvalue weighted by molar-refractivity contribution is 0.169. The van der Waals surface area contributed by atoms with Gasteiger partial charge in [0.05, 0.1) is 25.4 Å². The zero-order valence-corrected chi connectivity index (χ0v) is 28.2. The van der Waals surface area contributed by atoms with Crippen LogP contribution in [0.1, 0.15) is 83.1 Å². The van der Waals surface area contributed by atoms with E-state index in [0.29, 0.717) is 42.5 Å². The highest BCUT2D eigenvalue weighted by Gasteiger charge is 2.31. The number of hydrogen-bond donors (Lipinski definition) is 7. The minimum absolute atomic E-state index is 0.0448. The Morgan fingerprint density at radius 2 is 1.79 bits per heavy atom. The number of carbonyl (C=O) groups is 1. The standard InChI is InChI=1S/C35H48N10O3/c1-22(2)28(36)20-33(40-32-16-17-43(42-32)18-19-46)41-35(47)39-29-13-14-30(27-11-6-5-10-26(27)29)48-25-12-15-31(37)44(21-25)34(38)45-23(3)8-7-9-24(45)4/h5-6,10-12,15-17,20-24,29-30,36-38,46H,7-9,13-14,18-19H2,1-4H3,(H,40,42)(H2,39,41,47)/b33-20+,36-28?,37-31?,38-34?. The summed E-state index contributed by atoms with van der Waals surface area (Å²) >= 11 is 0. The molecule has 256 valence electrons. The van der Waals surface area contributed by atoms with Gasteiger partial charge in [-0.25, -0.2) is 4.79 Å². The summed E-state index contributed by atoms with van der Waals surface area (Å²) in [5.74, 6) is 1.61. The highest BCUT2D eigenvalue weighted by Crippen LogP contribution is 2.38. The molecule has 0 radical (unpaired) electrons. The van der Waals surface area contributed by atoms with Crippen LogP contribution < -0.4 is 26.2 Å². The van der Waals surface area contributed by atoms with Crippen LogP contribution in [0, 0.1) is 22.1 Å². The number of amides is 2. The van der Waals surface area contributed by atoms with Gasteiger partial charge < -0.3 is 30.8 Å². The summed E-state index contributed by atoms with van der Waals surface area (Å²) in [5.41, 5.74) is 2.48. The van der Waals surface area contributed by atoms with Crippen molar-refractivity contribution in [3.05, 3.63) is 83.4 Å². The van der Waals surface area contributed by atoms with Gasteiger partial charge in [0.25, 0.3) is 0 Å². The van der Waals surface area contributed by atoms with E-state index in [-0.39, 0.29) is 48.2 Å². The topological polar surface area (TPSA) is 180 Å². The Labute approximate surface area is 281 Å². The Balaban J connectivity index is 1.29. The predicted molar refractivity (Wildman–Crippen MR) is 185 cm³/mol. The quantitative estimate of drug-likeness (QED) is 0.118. The van der Waals surface area contributed by atoms with E-state index in [1.54, 1.807) is 45.9 Å². The molecular formula is C35H48N10O3. The normalized spacial score (nSPS) is 21.0. The first-order valence-corrected chi connectivity index (χ1v) is 16.7. The molecule has 3 heterocycles. The number of aliphatic hydroxyl groups excluding tert-OH is 1. The molecule has 0 saturated carbocycles. The van der Waals surface area contributed by atoms with Crippen molar-refractivity contribution in [2.45, 2.75) is 90.6 Å². The molecule has 1 fully saturated rings. The Hall–Kier alpha value is -4.91. The number of urea groups is 1. The minimum Gasteiger partial charge on any atom is -0.484 e. The second kappa shape index (κ2) is 15.3. The second-order valence-corrected chi connectivity index (χ2v) is 12.9. The number of fused-ring (bicyclic) bond motifs is 1. The average molecular weight is 657 g/mol.